The van der Waals surface area contributed by atoms with Gasteiger partial charge in [-0.15, -0.1) is 0 Å². The van der Waals surface area contributed by atoms with Gasteiger partial charge in [0.15, 0.2) is 25.2 Å². The van der Waals surface area contributed by atoms with E-state index in [0.29, 0.717) is 0 Å². The monoisotopic (exact) mass is 514 g/mol. The summed E-state index contributed by atoms with van der Waals surface area (Å²) in [4.78, 5) is 11.2. The molecule has 3 rings (SSSR count). The first kappa shape index (κ1) is 28.7. The van der Waals surface area contributed by atoms with Crippen LogP contribution in [0.2, 0.25) is 0 Å². The molecule has 15 atom stereocenters. The van der Waals surface area contributed by atoms with Gasteiger partial charge in [0.2, 0.25) is 0 Å². The molecule has 3 aliphatic heterocycles. The van der Waals surface area contributed by atoms with Gasteiger partial charge in [-0.2, -0.15) is 0 Å². The van der Waals surface area contributed by atoms with E-state index in [1.54, 1.807) is 0 Å². The molecule has 15 heteroatoms. The van der Waals surface area contributed by atoms with Crippen LogP contribution in [-0.2, 0) is 33.2 Å². The second-order valence-corrected chi connectivity index (χ2v) is 8.80. The zero-order valence-electron chi connectivity index (χ0n) is 19.1. The normalized spacial score (nSPS) is 51.2. The van der Waals surface area contributed by atoms with E-state index in [1.807, 2.05) is 0 Å². The summed E-state index contributed by atoms with van der Waals surface area (Å²) in [5.41, 5.74) is 0. The smallest absolute Gasteiger partial charge is 0.187 e. The van der Waals surface area contributed by atoms with E-state index in [4.69, 9.17) is 28.4 Å². The summed E-state index contributed by atoms with van der Waals surface area (Å²) in [6, 6.07) is 0. The Kier molecular flexibility index (Phi) is 9.92. The lowest BCUT2D eigenvalue weighted by molar-refractivity contribution is -0.373. The molecule has 0 aliphatic carbocycles. The number of aliphatic hydroxyl groups is 8. The molecule has 0 radical (unpaired) electrons. The van der Waals surface area contributed by atoms with Gasteiger partial charge in [0.05, 0.1) is 19.3 Å². The lowest BCUT2D eigenvalue weighted by atomic mass is 9.92. The summed E-state index contributed by atoms with van der Waals surface area (Å²) in [5.74, 6) is -0.867. The van der Waals surface area contributed by atoms with E-state index in [-0.39, 0.29) is 6.29 Å². The Morgan fingerprint density at radius 3 is 1.66 bits per heavy atom. The number of carbonyl (C=O) groups excluding carboxylic acids is 1. The van der Waals surface area contributed by atoms with Gasteiger partial charge >= 0.3 is 0 Å². The molecule has 0 aromatic carbocycles. The molecule has 0 aromatic rings. The molecule has 0 bridgehead atoms. The van der Waals surface area contributed by atoms with Crippen molar-refractivity contribution in [3.63, 3.8) is 0 Å². The third kappa shape index (κ3) is 5.68. The van der Waals surface area contributed by atoms with Crippen molar-refractivity contribution in [2.75, 3.05) is 20.3 Å². The molecule has 0 saturated carbocycles. The van der Waals surface area contributed by atoms with E-state index in [0.717, 1.165) is 0 Å². The molecule has 0 aromatic heterocycles. The molecule has 3 fully saturated rings. The van der Waals surface area contributed by atoms with Gasteiger partial charge in [-0.05, 0) is 0 Å². The fraction of sp³-hybridized carbons (Fsp3) is 0.950. The summed E-state index contributed by atoms with van der Waals surface area (Å²) >= 11 is 0. The molecule has 35 heavy (non-hydrogen) atoms. The van der Waals surface area contributed by atoms with Gasteiger partial charge < -0.3 is 74.1 Å². The zero-order valence-corrected chi connectivity index (χ0v) is 19.1. The summed E-state index contributed by atoms with van der Waals surface area (Å²) in [6.45, 7) is 0.0705. The highest BCUT2D eigenvalue weighted by atomic mass is 16.8. The Morgan fingerprint density at radius 2 is 1.17 bits per heavy atom. The Bertz CT molecular complexity index is 679. The molecule has 15 nitrogen and oxygen atoms in total. The van der Waals surface area contributed by atoms with Crippen molar-refractivity contribution in [3.05, 3.63) is 0 Å². The molecule has 204 valence electrons. The van der Waals surface area contributed by atoms with Crippen LogP contribution in [0.15, 0.2) is 0 Å². The first-order valence-corrected chi connectivity index (χ1v) is 11.1. The second kappa shape index (κ2) is 12.1. The van der Waals surface area contributed by atoms with Gasteiger partial charge in [-0.1, -0.05) is 6.92 Å². The van der Waals surface area contributed by atoms with Crippen LogP contribution in [-0.4, -0.2) is 153 Å². The molecule has 0 amide bonds. The highest BCUT2D eigenvalue weighted by Gasteiger charge is 2.53. The number of hydrogen-bond acceptors (Lipinski definition) is 15. The first-order valence-electron chi connectivity index (χ1n) is 11.1. The predicted molar refractivity (Wildman–Crippen MR) is 108 cm³/mol. The van der Waals surface area contributed by atoms with Crippen LogP contribution in [0.4, 0.5) is 0 Å². The Balaban J connectivity index is 1.72. The maximum absolute atomic E-state index is 11.2. The molecule has 3 saturated heterocycles. The molecule has 3 aliphatic rings. The SMILES string of the molecule is CO[C@@H]1O[C@H](CO)[C@@H](O[C@@H]2O[C@H](CO)[C@@H](O[C@@H]3O[C@H](C=O)[C@H](O)[C@H](O)[C@H]3C)[C@H](O)[C@H]2O)[C@H](O)[C@H]1O. The fourth-order valence-corrected chi connectivity index (χ4v) is 4.35. The summed E-state index contributed by atoms with van der Waals surface area (Å²) in [5, 5.41) is 81.5. The largest absolute Gasteiger partial charge is 0.394 e. The van der Waals surface area contributed by atoms with E-state index in [9.17, 15) is 45.6 Å². The van der Waals surface area contributed by atoms with E-state index in [1.165, 1.54) is 14.0 Å². The van der Waals surface area contributed by atoms with Crippen LogP contribution in [0.3, 0.4) is 0 Å². The van der Waals surface area contributed by atoms with Crippen LogP contribution >= 0.6 is 0 Å². The van der Waals surface area contributed by atoms with Crippen molar-refractivity contribution in [2.45, 2.75) is 92.9 Å². The molecule has 0 unspecified atom stereocenters. The standard InChI is InChI=1S/C20H34O15/c1-6-10(24)11(25)7(3-21)31-18(6)34-16-9(5-23)33-20(15(29)13(16)27)35-17-8(4-22)32-19(30-2)14(28)12(17)26/h3,6-20,22-29H,4-5H2,1-2H3/t6-,7-,8-,9-,10-,11+,12-,13-,14-,15-,16-,17-,18+,19-,20+/m1/s1. The van der Waals surface area contributed by atoms with E-state index in [2.05, 4.69) is 0 Å². The maximum atomic E-state index is 11.2. The highest BCUT2D eigenvalue weighted by molar-refractivity contribution is 5.57. The summed E-state index contributed by atoms with van der Waals surface area (Å²) in [7, 11) is 1.22. The number of rotatable bonds is 8. The Hall–Kier alpha value is -0.890. The minimum atomic E-state index is -1.82. The molecular weight excluding hydrogens is 480 g/mol. The average Bonchev–Trinajstić information content (AvgIpc) is 2.86. The van der Waals surface area contributed by atoms with Crippen molar-refractivity contribution < 1.29 is 74.1 Å². The highest BCUT2D eigenvalue weighted by Crippen LogP contribution is 2.33. The number of methoxy groups -OCH3 is 1. The van der Waals surface area contributed by atoms with Crippen molar-refractivity contribution in [1.82, 2.24) is 0 Å². The van der Waals surface area contributed by atoms with Crippen LogP contribution in [0.25, 0.3) is 0 Å². The van der Waals surface area contributed by atoms with E-state index >= 15 is 0 Å². The average molecular weight is 514 g/mol. The van der Waals surface area contributed by atoms with Gasteiger partial charge in [0.1, 0.15) is 61.0 Å². The van der Waals surface area contributed by atoms with Gasteiger partial charge in [0, 0.05) is 13.0 Å². The van der Waals surface area contributed by atoms with Crippen LogP contribution in [0.1, 0.15) is 6.92 Å². The minimum Gasteiger partial charge on any atom is -0.394 e. The molecule has 8 N–H and O–H groups in total. The van der Waals surface area contributed by atoms with Gasteiger partial charge in [-0.25, -0.2) is 0 Å². The molecular formula is C20H34O15. The molecule has 3 heterocycles. The Labute approximate surface area is 200 Å². The third-order valence-corrected chi connectivity index (χ3v) is 6.54. The number of carbonyl (C=O) groups is 1. The van der Waals surface area contributed by atoms with Crippen molar-refractivity contribution >= 4 is 6.29 Å². The van der Waals surface area contributed by atoms with E-state index < -0.39 is 105 Å². The van der Waals surface area contributed by atoms with Crippen LogP contribution in [0, 0.1) is 5.92 Å². The number of aldehydes is 1. The lowest BCUT2D eigenvalue weighted by Gasteiger charge is -2.48. The third-order valence-electron chi connectivity index (χ3n) is 6.54. The Morgan fingerprint density at radius 1 is 0.686 bits per heavy atom. The fourth-order valence-electron chi connectivity index (χ4n) is 4.35. The van der Waals surface area contributed by atoms with Crippen LogP contribution < -0.4 is 0 Å². The molecule has 0 spiro atoms. The zero-order chi connectivity index (χ0) is 26.0. The lowest BCUT2D eigenvalue weighted by Crippen LogP contribution is -2.66. The predicted octanol–water partition coefficient (Wildman–Crippen LogP) is -5.44. The minimum absolute atomic E-state index is 0.282. The number of hydrogen-bond donors (Lipinski definition) is 8. The number of aliphatic hydroxyl groups excluding tert-OH is 8. The van der Waals surface area contributed by atoms with Crippen molar-refractivity contribution in [2.24, 2.45) is 5.92 Å². The first-order chi connectivity index (χ1) is 16.6. The number of ether oxygens (including phenoxy) is 6. The second-order valence-electron chi connectivity index (χ2n) is 8.80. The van der Waals surface area contributed by atoms with Crippen molar-refractivity contribution in [1.29, 1.82) is 0 Å². The van der Waals surface area contributed by atoms with Crippen LogP contribution in [0.5, 0.6) is 0 Å². The van der Waals surface area contributed by atoms with Crippen molar-refractivity contribution in [3.8, 4) is 0 Å². The quantitative estimate of drug-likeness (QED) is 0.141. The summed E-state index contributed by atoms with van der Waals surface area (Å²) in [6.07, 6.45) is -20.4. The summed E-state index contributed by atoms with van der Waals surface area (Å²) < 4.78 is 32.3. The van der Waals surface area contributed by atoms with Gasteiger partial charge in [0.25, 0.3) is 0 Å². The van der Waals surface area contributed by atoms with Gasteiger partial charge in [-0.3, -0.25) is 0 Å². The maximum Gasteiger partial charge on any atom is 0.187 e. The topological polar surface area (TPSA) is 234 Å².